The summed E-state index contributed by atoms with van der Waals surface area (Å²) >= 11 is 0. The van der Waals surface area contributed by atoms with Crippen LogP contribution in [0, 0.1) is 35.5 Å². The maximum Gasteiger partial charge on any atom is 0.311 e. The molecule has 0 aromatic rings. The van der Waals surface area contributed by atoms with Crippen molar-refractivity contribution in [3.63, 3.8) is 0 Å². The van der Waals surface area contributed by atoms with E-state index in [-0.39, 0.29) is 23.5 Å². The Morgan fingerprint density at radius 1 is 0.921 bits per heavy atom. The Hall–Kier alpha value is -1.93. The third-order valence-corrected chi connectivity index (χ3v) is 7.62. The molecule has 220 valence electrons. The number of aliphatic hydroxyl groups is 5. The lowest BCUT2D eigenvalue weighted by Gasteiger charge is -2.23. The summed E-state index contributed by atoms with van der Waals surface area (Å²) in [4.78, 5) is 11.7. The van der Waals surface area contributed by atoms with Gasteiger partial charge in [0.05, 0.1) is 31.3 Å². The number of carbonyl (C=O) groups excluding carboxylic acids is 1. The van der Waals surface area contributed by atoms with Crippen molar-refractivity contribution in [2.75, 3.05) is 7.11 Å². The molecule has 0 aromatic carbocycles. The monoisotopic (exact) mass is 538 g/mol. The smallest absolute Gasteiger partial charge is 0.311 e. The molecule has 7 heteroatoms. The second-order valence-electron chi connectivity index (χ2n) is 11.1. The lowest BCUT2D eigenvalue weighted by Crippen LogP contribution is -2.28. The van der Waals surface area contributed by atoms with Crippen molar-refractivity contribution >= 4 is 5.97 Å². The van der Waals surface area contributed by atoms with Crippen LogP contribution in [-0.4, -0.2) is 63.0 Å². The molecular formula is C31H54O7. The van der Waals surface area contributed by atoms with Crippen LogP contribution in [0.4, 0.5) is 0 Å². The first-order chi connectivity index (χ1) is 17.7. The Balaban J connectivity index is 4.92. The van der Waals surface area contributed by atoms with Crippen LogP contribution in [0.1, 0.15) is 74.1 Å². The van der Waals surface area contributed by atoms with Crippen molar-refractivity contribution in [1.29, 1.82) is 0 Å². The highest BCUT2D eigenvalue weighted by atomic mass is 16.5. The number of rotatable bonds is 18. The zero-order valence-corrected chi connectivity index (χ0v) is 24.7. The highest BCUT2D eigenvalue weighted by Crippen LogP contribution is 2.23. The van der Waals surface area contributed by atoms with Crippen LogP contribution >= 0.6 is 0 Å². The standard InChI is InChI=1S/C31H54O7/c1-10-19(3)16-25(11-2)18-28(34)30(36)21(5)13-15-26(32)20(4)12-14-27(33)22(6)17-23(7)29(35)24(8)31(37)38-9/h11,13,15,17-22,24-27,29-30,32-36H,2,10,12,14,16H2,1,3-9H3. The summed E-state index contributed by atoms with van der Waals surface area (Å²) in [5.74, 6) is -1.62. The van der Waals surface area contributed by atoms with Crippen molar-refractivity contribution in [2.45, 2.75) is 98.6 Å². The normalized spacial score (nSPS) is 21.1. The molecule has 0 aliphatic carbocycles. The number of esters is 1. The first-order valence-electron chi connectivity index (χ1n) is 13.9. The van der Waals surface area contributed by atoms with Gasteiger partial charge in [0.25, 0.3) is 0 Å². The van der Waals surface area contributed by atoms with E-state index in [4.69, 9.17) is 0 Å². The second-order valence-corrected chi connectivity index (χ2v) is 11.1. The third-order valence-electron chi connectivity index (χ3n) is 7.62. The molecule has 5 N–H and O–H groups in total. The maximum atomic E-state index is 11.7. The molecule has 0 aromatic heterocycles. The van der Waals surface area contributed by atoms with Gasteiger partial charge in [-0.2, -0.15) is 0 Å². The summed E-state index contributed by atoms with van der Waals surface area (Å²) in [6.45, 7) is 16.9. The molecule has 10 unspecified atom stereocenters. The van der Waals surface area contributed by atoms with E-state index >= 15 is 0 Å². The molecule has 0 spiro atoms. The Morgan fingerprint density at radius 2 is 1.53 bits per heavy atom. The van der Waals surface area contributed by atoms with E-state index in [1.54, 1.807) is 51.2 Å². The minimum Gasteiger partial charge on any atom is -0.510 e. The van der Waals surface area contributed by atoms with E-state index < -0.39 is 42.2 Å². The molecular weight excluding hydrogens is 484 g/mol. The maximum absolute atomic E-state index is 11.7. The zero-order chi connectivity index (χ0) is 29.6. The van der Waals surface area contributed by atoms with Crippen molar-refractivity contribution in [3.05, 3.63) is 48.3 Å². The van der Waals surface area contributed by atoms with Crippen LogP contribution in [0.25, 0.3) is 0 Å². The van der Waals surface area contributed by atoms with E-state index in [9.17, 15) is 30.3 Å². The molecule has 0 heterocycles. The summed E-state index contributed by atoms with van der Waals surface area (Å²) in [5.41, 5.74) is 0.592. The first-order valence-corrected chi connectivity index (χ1v) is 13.9. The Bertz CT molecular complexity index is 787. The number of allylic oxidation sites excluding steroid dienone is 2. The van der Waals surface area contributed by atoms with Crippen LogP contribution in [-0.2, 0) is 9.53 Å². The quantitative estimate of drug-likeness (QED) is 0.0932. The van der Waals surface area contributed by atoms with Crippen LogP contribution < -0.4 is 0 Å². The van der Waals surface area contributed by atoms with Crippen LogP contribution in [0.5, 0.6) is 0 Å². The van der Waals surface area contributed by atoms with Gasteiger partial charge in [-0.3, -0.25) is 4.79 Å². The summed E-state index contributed by atoms with van der Waals surface area (Å²) in [6, 6.07) is 0. The van der Waals surface area contributed by atoms with Crippen LogP contribution in [0.3, 0.4) is 0 Å². The highest BCUT2D eigenvalue weighted by Gasteiger charge is 2.25. The van der Waals surface area contributed by atoms with Crippen molar-refractivity contribution in [3.8, 4) is 0 Å². The molecule has 0 radical (unpaired) electrons. The summed E-state index contributed by atoms with van der Waals surface area (Å²) in [5, 5.41) is 52.5. The lowest BCUT2D eigenvalue weighted by molar-refractivity contribution is -0.147. The Labute approximate surface area is 230 Å². The van der Waals surface area contributed by atoms with Gasteiger partial charge >= 0.3 is 5.97 Å². The molecule has 38 heavy (non-hydrogen) atoms. The fourth-order valence-corrected chi connectivity index (χ4v) is 4.24. The SMILES string of the molecule is C=CC(C=C(O)C(O)C(C)C=CC(O)C(C)CCC(O)C(C)C=C(C)C(O)C(C)C(=O)OC)CC(C)CC. The molecule has 10 atom stereocenters. The molecule has 0 amide bonds. The van der Waals surface area contributed by atoms with Gasteiger partial charge in [-0.05, 0) is 62.5 Å². The molecule has 0 bridgehead atoms. The average molecular weight is 539 g/mol. The molecule has 0 saturated carbocycles. The second kappa shape index (κ2) is 18.4. The number of methoxy groups -OCH3 is 1. The van der Waals surface area contributed by atoms with Gasteiger partial charge in [0.15, 0.2) is 0 Å². The molecule has 0 aliphatic heterocycles. The predicted octanol–water partition coefficient (Wildman–Crippen LogP) is 5.11. The van der Waals surface area contributed by atoms with E-state index in [0.717, 1.165) is 12.8 Å². The fraction of sp³-hybridized carbons (Fsp3) is 0.710. The molecule has 0 aliphatic rings. The number of carbonyl (C=O) groups is 1. The number of hydrogen-bond donors (Lipinski definition) is 5. The van der Waals surface area contributed by atoms with Crippen LogP contribution in [0.15, 0.2) is 48.3 Å². The third kappa shape index (κ3) is 12.7. The van der Waals surface area contributed by atoms with Crippen LogP contribution in [0.2, 0.25) is 0 Å². The van der Waals surface area contributed by atoms with Gasteiger partial charge < -0.3 is 30.3 Å². The minimum absolute atomic E-state index is 0.0200. The number of hydrogen-bond acceptors (Lipinski definition) is 7. The van der Waals surface area contributed by atoms with Gasteiger partial charge in [-0.15, -0.1) is 6.58 Å². The minimum atomic E-state index is -1.08. The van der Waals surface area contributed by atoms with Gasteiger partial charge in [-0.1, -0.05) is 65.3 Å². The molecule has 0 fully saturated rings. The topological polar surface area (TPSA) is 127 Å². The average Bonchev–Trinajstić information content (AvgIpc) is 2.91. The number of ether oxygens (including phenoxy) is 1. The Kier molecular flexibility index (Phi) is 17.4. The summed E-state index contributed by atoms with van der Waals surface area (Å²) < 4.78 is 4.68. The van der Waals surface area contributed by atoms with Gasteiger partial charge in [-0.25, -0.2) is 0 Å². The highest BCUT2D eigenvalue weighted by molar-refractivity contribution is 5.73. The van der Waals surface area contributed by atoms with Crippen molar-refractivity contribution in [2.24, 2.45) is 35.5 Å². The molecule has 7 nitrogen and oxygen atoms in total. The van der Waals surface area contributed by atoms with E-state index in [1.165, 1.54) is 7.11 Å². The van der Waals surface area contributed by atoms with Gasteiger partial charge in [0, 0.05) is 11.8 Å². The van der Waals surface area contributed by atoms with E-state index in [2.05, 4.69) is 25.2 Å². The van der Waals surface area contributed by atoms with Crippen molar-refractivity contribution in [1.82, 2.24) is 0 Å². The zero-order valence-electron chi connectivity index (χ0n) is 24.7. The summed E-state index contributed by atoms with van der Waals surface area (Å²) in [7, 11) is 1.28. The Morgan fingerprint density at radius 3 is 2.05 bits per heavy atom. The van der Waals surface area contributed by atoms with E-state index in [0.29, 0.717) is 24.3 Å². The largest absolute Gasteiger partial charge is 0.510 e. The van der Waals surface area contributed by atoms with Gasteiger partial charge in [0.2, 0.25) is 0 Å². The molecule has 0 rings (SSSR count). The fourth-order valence-electron chi connectivity index (χ4n) is 4.24. The van der Waals surface area contributed by atoms with Crippen molar-refractivity contribution < 1.29 is 35.1 Å². The number of aliphatic hydroxyl groups excluding tert-OH is 5. The lowest BCUT2D eigenvalue weighted by atomic mass is 9.89. The van der Waals surface area contributed by atoms with E-state index in [1.807, 2.05) is 13.8 Å². The first kappa shape index (κ1) is 36.1. The summed E-state index contributed by atoms with van der Waals surface area (Å²) in [6.07, 6.45) is 7.88. The van der Waals surface area contributed by atoms with Gasteiger partial charge in [0.1, 0.15) is 11.9 Å². The molecule has 0 saturated heterocycles. The predicted molar refractivity (Wildman–Crippen MR) is 153 cm³/mol.